The Morgan fingerprint density at radius 3 is 1.03 bits per heavy atom. The van der Waals surface area contributed by atoms with Crippen LogP contribution in [0, 0.1) is 0 Å². The van der Waals surface area contributed by atoms with E-state index in [1.807, 2.05) is 24.3 Å². The molecule has 0 amide bonds. The minimum atomic E-state index is 0.0995. The smallest absolute Gasteiger partial charge is 0.115 e. The Morgan fingerprint density at radius 1 is 0.367 bits per heavy atom. The van der Waals surface area contributed by atoms with Crippen molar-refractivity contribution in [3.8, 4) is 11.5 Å². The molecule has 0 unspecified atom stereocenters. The third kappa shape index (κ3) is 1.89. The van der Waals surface area contributed by atoms with Gasteiger partial charge in [-0.05, 0) is 68.8 Å². The van der Waals surface area contributed by atoms with E-state index in [0.717, 1.165) is 0 Å². The molecular formula is C28H20O2. The van der Waals surface area contributed by atoms with Crippen molar-refractivity contribution < 1.29 is 10.2 Å². The van der Waals surface area contributed by atoms with Crippen molar-refractivity contribution in [2.45, 2.75) is 23.7 Å². The molecule has 0 saturated heterocycles. The largest absolute Gasteiger partial charge is 0.508 e. The maximum atomic E-state index is 10.4. The van der Waals surface area contributed by atoms with E-state index in [-0.39, 0.29) is 23.7 Å². The van der Waals surface area contributed by atoms with Crippen LogP contribution in [0.3, 0.4) is 0 Å². The van der Waals surface area contributed by atoms with Gasteiger partial charge in [0.1, 0.15) is 11.5 Å². The molecule has 0 radical (unpaired) electrons. The second-order valence-corrected chi connectivity index (χ2v) is 8.79. The lowest BCUT2D eigenvalue weighted by molar-refractivity contribution is 0.463. The Kier molecular flexibility index (Phi) is 3.01. The lowest BCUT2D eigenvalue weighted by Gasteiger charge is -2.50. The standard InChI is InChI=1S/C28H20O2/c29-15-9-11-21-23(13-15)27-19-7-3-1-5-17(19)25(21)26-18-6-2-4-8-20(18)28(27)24-14-16(30)10-12-22(24)26/h1-14,25-30H/t25-,26-,27+,28+/m0/s1. The number of hydrogen-bond donors (Lipinski definition) is 2. The highest BCUT2D eigenvalue weighted by Gasteiger charge is 2.49. The van der Waals surface area contributed by atoms with Gasteiger partial charge in [0.15, 0.2) is 0 Å². The minimum Gasteiger partial charge on any atom is -0.508 e. The summed E-state index contributed by atoms with van der Waals surface area (Å²) < 4.78 is 0. The second-order valence-electron chi connectivity index (χ2n) is 8.79. The molecule has 2 heteroatoms. The van der Waals surface area contributed by atoms with Gasteiger partial charge in [-0.3, -0.25) is 0 Å². The lowest BCUT2D eigenvalue weighted by Crippen LogP contribution is -2.35. The first kappa shape index (κ1) is 16.3. The first-order valence-electron chi connectivity index (χ1n) is 10.6. The van der Waals surface area contributed by atoms with Crippen LogP contribution in [0.25, 0.3) is 0 Å². The predicted molar refractivity (Wildman–Crippen MR) is 116 cm³/mol. The van der Waals surface area contributed by atoms with Gasteiger partial charge in [0.2, 0.25) is 0 Å². The van der Waals surface area contributed by atoms with E-state index in [0.29, 0.717) is 11.5 Å². The molecule has 0 heterocycles. The molecule has 144 valence electrons. The van der Waals surface area contributed by atoms with Gasteiger partial charge in [-0.25, -0.2) is 0 Å². The molecule has 0 spiro atoms. The molecule has 2 N–H and O–H groups in total. The normalized spacial score (nSPS) is 24.3. The molecule has 0 aromatic heterocycles. The maximum absolute atomic E-state index is 10.4. The SMILES string of the molecule is Oc1ccc2c(c1)[C@H]1c3ccccc3[C@@H]2[C@H]2c3ccccc3[C@@H]1c1cc(O)ccc12. The number of hydrogen-bond acceptors (Lipinski definition) is 2. The molecule has 4 aromatic rings. The summed E-state index contributed by atoms with van der Waals surface area (Å²) in [5.41, 5.74) is 10.6. The van der Waals surface area contributed by atoms with Crippen molar-refractivity contribution >= 4 is 0 Å². The Bertz CT molecular complexity index is 1250. The molecule has 4 bridgehead atoms. The van der Waals surface area contributed by atoms with Crippen LogP contribution in [0.2, 0.25) is 0 Å². The minimum absolute atomic E-state index is 0.0995. The summed E-state index contributed by atoms with van der Waals surface area (Å²) in [4.78, 5) is 0. The van der Waals surface area contributed by atoms with Gasteiger partial charge >= 0.3 is 0 Å². The molecule has 0 fully saturated rings. The zero-order chi connectivity index (χ0) is 20.0. The Labute approximate surface area is 175 Å². The molecule has 0 aliphatic heterocycles. The van der Waals surface area contributed by atoms with E-state index in [9.17, 15) is 10.2 Å². The fourth-order valence-corrected chi connectivity index (χ4v) is 6.49. The summed E-state index contributed by atoms with van der Waals surface area (Å²) in [6.45, 7) is 0. The predicted octanol–water partition coefficient (Wildman–Crippen LogP) is 5.97. The van der Waals surface area contributed by atoms with Crippen molar-refractivity contribution in [3.05, 3.63) is 129 Å². The van der Waals surface area contributed by atoms with Gasteiger partial charge in [0.05, 0.1) is 0 Å². The third-order valence-corrected chi connectivity index (χ3v) is 7.48. The Balaban J connectivity index is 1.68. The van der Waals surface area contributed by atoms with Gasteiger partial charge in [0, 0.05) is 23.7 Å². The van der Waals surface area contributed by atoms with Gasteiger partial charge in [0.25, 0.3) is 0 Å². The number of aromatic hydroxyl groups is 2. The van der Waals surface area contributed by atoms with Crippen LogP contribution < -0.4 is 0 Å². The highest BCUT2D eigenvalue weighted by atomic mass is 16.3. The number of rotatable bonds is 0. The van der Waals surface area contributed by atoms with Gasteiger partial charge < -0.3 is 10.2 Å². The van der Waals surface area contributed by atoms with Gasteiger partial charge in [-0.2, -0.15) is 0 Å². The Hall–Kier alpha value is -3.52. The summed E-state index contributed by atoms with van der Waals surface area (Å²) in [5.74, 6) is 1.19. The molecule has 10 rings (SSSR count). The first-order chi connectivity index (χ1) is 14.7. The van der Waals surface area contributed by atoms with Crippen molar-refractivity contribution in [1.82, 2.24) is 0 Å². The maximum Gasteiger partial charge on any atom is 0.115 e. The fraction of sp³-hybridized carbons (Fsp3) is 0.143. The van der Waals surface area contributed by atoms with Gasteiger partial charge in [-0.15, -0.1) is 0 Å². The average Bonchev–Trinajstić information content (AvgIpc) is 2.75. The average molecular weight is 388 g/mol. The zero-order valence-electron chi connectivity index (χ0n) is 16.3. The van der Waals surface area contributed by atoms with Crippen LogP contribution in [0.5, 0.6) is 11.5 Å². The fourth-order valence-electron chi connectivity index (χ4n) is 6.49. The van der Waals surface area contributed by atoms with Crippen molar-refractivity contribution in [2.75, 3.05) is 0 Å². The quantitative estimate of drug-likeness (QED) is 0.390. The number of benzene rings is 4. The zero-order valence-corrected chi connectivity index (χ0v) is 16.3. The first-order valence-corrected chi connectivity index (χ1v) is 10.6. The van der Waals surface area contributed by atoms with Crippen LogP contribution >= 0.6 is 0 Å². The molecule has 30 heavy (non-hydrogen) atoms. The Morgan fingerprint density at radius 2 is 0.667 bits per heavy atom. The van der Waals surface area contributed by atoms with E-state index in [1.54, 1.807) is 0 Å². The molecule has 2 nitrogen and oxygen atoms in total. The molecule has 0 saturated carbocycles. The number of phenolic OH excluding ortho intramolecular Hbond substituents is 2. The summed E-state index contributed by atoms with van der Waals surface area (Å²) in [5, 5.41) is 20.8. The summed E-state index contributed by atoms with van der Waals surface area (Å²) in [7, 11) is 0. The van der Waals surface area contributed by atoms with E-state index in [2.05, 4.69) is 60.7 Å². The summed E-state index contributed by atoms with van der Waals surface area (Å²) in [6.07, 6.45) is 0. The second kappa shape index (κ2) is 5.54. The van der Waals surface area contributed by atoms with E-state index >= 15 is 0 Å². The number of phenols is 2. The summed E-state index contributed by atoms with van der Waals surface area (Å²) in [6, 6.07) is 29.5. The van der Waals surface area contributed by atoms with Crippen molar-refractivity contribution in [3.63, 3.8) is 0 Å². The van der Waals surface area contributed by atoms with Crippen LogP contribution in [-0.2, 0) is 0 Å². The van der Waals surface area contributed by atoms with Gasteiger partial charge in [-0.1, -0.05) is 60.7 Å². The lowest BCUT2D eigenvalue weighted by atomic mass is 9.53. The molecular weight excluding hydrogens is 368 g/mol. The van der Waals surface area contributed by atoms with Crippen molar-refractivity contribution in [1.29, 1.82) is 0 Å². The highest BCUT2D eigenvalue weighted by molar-refractivity contribution is 5.68. The van der Waals surface area contributed by atoms with Crippen LogP contribution in [0.1, 0.15) is 68.2 Å². The van der Waals surface area contributed by atoms with Crippen LogP contribution in [0.15, 0.2) is 84.9 Å². The van der Waals surface area contributed by atoms with Crippen molar-refractivity contribution in [2.24, 2.45) is 0 Å². The molecule has 4 aromatic carbocycles. The third-order valence-electron chi connectivity index (χ3n) is 7.48. The van der Waals surface area contributed by atoms with Crippen LogP contribution in [-0.4, -0.2) is 10.2 Å². The monoisotopic (exact) mass is 388 g/mol. The molecule has 6 aliphatic carbocycles. The van der Waals surface area contributed by atoms with E-state index < -0.39 is 0 Å². The van der Waals surface area contributed by atoms with Crippen LogP contribution in [0.4, 0.5) is 0 Å². The van der Waals surface area contributed by atoms with E-state index in [4.69, 9.17) is 0 Å². The molecule has 6 aliphatic rings. The summed E-state index contributed by atoms with van der Waals surface area (Å²) >= 11 is 0. The van der Waals surface area contributed by atoms with E-state index in [1.165, 1.54) is 44.5 Å². The molecule has 4 atom stereocenters. The highest BCUT2D eigenvalue weighted by Crippen LogP contribution is 2.64. The topological polar surface area (TPSA) is 40.5 Å².